The number of hydrogen-bond acceptors (Lipinski definition) is 5. The van der Waals surface area contributed by atoms with Gasteiger partial charge in [0.05, 0.1) is 23.5 Å². The minimum absolute atomic E-state index is 0.0608. The molecule has 1 aliphatic rings. The topological polar surface area (TPSA) is 101 Å². The Balaban J connectivity index is 1.44. The lowest BCUT2D eigenvalue weighted by Crippen LogP contribution is -2.72. The fraction of sp³-hybridized carbons (Fsp3) is 0.226. The summed E-state index contributed by atoms with van der Waals surface area (Å²) in [7, 11) is 0. The first-order valence-corrected chi connectivity index (χ1v) is 13.7. The Hall–Kier alpha value is -4.05. The molecule has 0 bridgehead atoms. The molecule has 4 aromatic rings. The number of benzene rings is 3. The van der Waals surface area contributed by atoms with Gasteiger partial charge in [-0.05, 0) is 42.3 Å². The van der Waals surface area contributed by atoms with Crippen LogP contribution in [0.5, 0.6) is 0 Å². The summed E-state index contributed by atoms with van der Waals surface area (Å²) in [5.74, 6) is -0.712. The number of hydrogen-bond donors (Lipinski definition) is 2. The Morgan fingerprint density at radius 2 is 1.80 bits per heavy atom. The van der Waals surface area contributed by atoms with Crippen LogP contribution in [0.1, 0.15) is 40.9 Å². The zero-order valence-electron chi connectivity index (χ0n) is 22.7. The standard InChI is InChI=1S/C31H29ClF2N6O/c1-18(2)17-40(13-12-35)30(41)19-6-9-22(10-7-19)38-31-37-16-20-15-36-29(27-25(33)4-3-5-26(27)34)24-14-21(32)8-11-23(24)28(20)39-31/h3-11,14,16,18H,12-13,15,17,35H2,1-2H3,(H,37,38,39)/p+1. The molecule has 0 unspecified atom stereocenters. The van der Waals surface area contributed by atoms with E-state index >= 15 is 0 Å². The van der Waals surface area contributed by atoms with Crippen LogP contribution in [0.4, 0.5) is 20.4 Å². The SMILES string of the molecule is CC(C)CN(CCN)C(=O)c1ccc([NH2+]c2ncc3c(n2)-c2ccc(Cl)cc2C(c2c(F)cccc2F)=NC3)cc1. The van der Waals surface area contributed by atoms with Crippen LogP contribution in [0.3, 0.4) is 0 Å². The number of rotatable bonds is 8. The van der Waals surface area contributed by atoms with E-state index in [4.69, 9.17) is 22.3 Å². The summed E-state index contributed by atoms with van der Waals surface area (Å²) in [4.78, 5) is 28.6. The van der Waals surface area contributed by atoms with E-state index in [1.54, 1.807) is 46.7 Å². The minimum Gasteiger partial charge on any atom is -0.337 e. The normalized spacial score (nSPS) is 12.4. The fourth-order valence-corrected chi connectivity index (χ4v) is 5.04. The van der Waals surface area contributed by atoms with E-state index in [0.29, 0.717) is 64.5 Å². The monoisotopic (exact) mass is 575 g/mol. The van der Waals surface area contributed by atoms with Gasteiger partial charge in [-0.25, -0.2) is 14.1 Å². The van der Waals surface area contributed by atoms with Gasteiger partial charge in [-0.1, -0.05) is 37.6 Å². The molecule has 0 spiro atoms. The van der Waals surface area contributed by atoms with E-state index in [2.05, 4.69) is 23.8 Å². The van der Waals surface area contributed by atoms with Crippen LogP contribution in [0.15, 0.2) is 71.9 Å². The summed E-state index contributed by atoms with van der Waals surface area (Å²) in [6, 6.07) is 16.1. The van der Waals surface area contributed by atoms with Crippen molar-refractivity contribution in [2.24, 2.45) is 16.6 Å². The number of nitrogens with two attached hydrogens (primary N) is 2. The maximum Gasteiger partial charge on any atom is 0.331 e. The zero-order valence-corrected chi connectivity index (χ0v) is 23.5. The lowest BCUT2D eigenvalue weighted by molar-refractivity contribution is -0.487. The van der Waals surface area contributed by atoms with Gasteiger partial charge >= 0.3 is 5.95 Å². The van der Waals surface area contributed by atoms with Crippen LogP contribution in [-0.2, 0) is 6.54 Å². The highest BCUT2D eigenvalue weighted by atomic mass is 35.5. The smallest absolute Gasteiger partial charge is 0.331 e. The van der Waals surface area contributed by atoms with Crippen LogP contribution >= 0.6 is 11.6 Å². The van der Waals surface area contributed by atoms with Crippen LogP contribution in [0, 0.1) is 17.6 Å². The summed E-state index contributed by atoms with van der Waals surface area (Å²) in [6.45, 7) is 5.79. The molecule has 2 heterocycles. The summed E-state index contributed by atoms with van der Waals surface area (Å²) < 4.78 is 29.6. The van der Waals surface area contributed by atoms with Crippen LogP contribution in [-0.4, -0.2) is 46.1 Å². The Bertz CT molecular complexity index is 1600. The van der Waals surface area contributed by atoms with E-state index in [9.17, 15) is 13.6 Å². The van der Waals surface area contributed by atoms with Crippen molar-refractivity contribution in [3.63, 3.8) is 0 Å². The molecule has 0 saturated carbocycles. The van der Waals surface area contributed by atoms with Gasteiger partial charge in [-0.2, -0.15) is 9.97 Å². The molecule has 4 N–H and O–H groups in total. The summed E-state index contributed by atoms with van der Waals surface area (Å²) in [6.07, 6.45) is 1.67. The molecule has 0 radical (unpaired) electrons. The maximum atomic E-state index is 14.8. The highest BCUT2D eigenvalue weighted by Crippen LogP contribution is 2.34. The van der Waals surface area contributed by atoms with Crippen molar-refractivity contribution < 1.29 is 18.9 Å². The Kier molecular flexibility index (Phi) is 8.49. The minimum atomic E-state index is -0.710. The van der Waals surface area contributed by atoms with Gasteiger partial charge in [0.2, 0.25) is 0 Å². The van der Waals surface area contributed by atoms with E-state index in [0.717, 1.165) is 5.69 Å². The second-order valence-corrected chi connectivity index (χ2v) is 10.7. The number of amides is 1. The van der Waals surface area contributed by atoms with Crippen LogP contribution in [0.25, 0.3) is 11.3 Å². The number of carbonyl (C=O) groups excluding carboxylic acids is 1. The molecule has 3 aromatic carbocycles. The van der Waals surface area contributed by atoms with E-state index in [-0.39, 0.29) is 23.7 Å². The predicted octanol–water partition coefficient (Wildman–Crippen LogP) is 5.01. The van der Waals surface area contributed by atoms with Gasteiger partial charge in [0, 0.05) is 65.2 Å². The predicted molar refractivity (Wildman–Crippen MR) is 156 cm³/mol. The van der Waals surface area contributed by atoms with Gasteiger partial charge in [-0.15, -0.1) is 0 Å². The van der Waals surface area contributed by atoms with Gasteiger partial charge in [0.15, 0.2) is 0 Å². The second-order valence-electron chi connectivity index (χ2n) is 10.3. The lowest BCUT2D eigenvalue weighted by atomic mass is 9.95. The molecule has 210 valence electrons. The fourth-order valence-electron chi connectivity index (χ4n) is 4.87. The van der Waals surface area contributed by atoms with Crippen molar-refractivity contribution in [3.05, 3.63) is 106 Å². The van der Waals surface area contributed by atoms with Crippen LogP contribution < -0.4 is 11.1 Å². The Morgan fingerprint density at radius 1 is 1.07 bits per heavy atom. The van der Waals surface area contributed by atoms with Gasteiger partial charge < -0.3 is 10.6 Å². The number of carbonyl (C=O) groups is 1. The molecule has 0 saturated heterocycles. The lowest BCUT2D eigenvalue weighted by Gasteiger charge is -2.24. The third-order valence-electron chi connectivity index (χ3n) is 6.71. The molecular weight excluding hydrogens is 546 g/mol. The third kappa shape index (κ3) is 6.17. The first kappa shape index (κ1) is 28.5. The largest absolute Gasteiger partial charge is 0.337 e. The quantitative estimate of drug-likeness (QED) is 0.288. The van der Waals surface area contributed by atoms with E-state index in [1.807, 2.05) is 12.1 Å². The van der Waals surface area contributed by atoms with E-state index in [1.165, 1.54) is 18.2 Å². The molecule has 1 aromatic heterocycles. The number of quaternary nitrogens is 1. The molecule has 1 aliphatic heterocycles. The Labute approximate surface area is 242 Å². The molecule has 0 fully saturated rings. The molecule has 1 amide bonds. The van der Waals surface area contributed by atoms with Crippen molar-refractivity contribution in [2.45, 2.75) is 20.4 Å². The number of halogens is 3. The van der Waals surface area contributed by atoms with E-state index < -0.39 is 11.6 Å². The highest BCUT2D eigenvalue weighted by molar-refractivity contribution is 6.31. The molecule has 10 heteroatoms. The average molecular weight is 576 g/mol. The number of fused-ring (bicyclic) bond motifs is 3. The molecular formula is C31H30ClF2N6O+. The molecule has 5 rings (SSSR count). The molecule has 0 aliphatic carbocycles. The maximum absolute atomic E-state index is 14.8. The first-order valence-electron chi connectivity index (χ1n) is 13.3. The van der Waals surface area contributed by atoms with Gasteiger partial charge in [0.25, 0.3) is 5.91 Å². The summed E-state index contributed by atoms with van der Waals surface area (Å²) in [5.41, 5.74) is 9.51. The summed E-state index contributed by atoms with van der Waals surface area (Å²) in [5, 5.41) is 2.21. The van der Waals surface area contributed by atoms with Crippen molar-refractivity contribution >= 4 is 34.9 Å². The number of aliphatic imine (C=N–C) groups is 1. The summed E-state index contributed by atoms with van der Waals surface area (Å²) >= 11 is 6.31. The average Bonchev–Trinajstić information content (AvgIpc) is 3.09. The van der Waals surface area contributed by atoms with Crippen molar-refractivity contribution in [1.82, 2.24) is 14.9 Å². The van der Waals surface area contributed by atoms with Crippen molar-refractivity contribution in [3.8, 4) is 11.3 Å². The molecule has 41 heavy (non-hydrogen) atoms. The molecule has 7 nitrogen and oxygen atoms in total. The van der Waals surface area contributed by atoms with Crippen LogP contribution in [0.2, 0.25) is 5.02 Å². The number of nitrogens with zero attached hydrogens (tertiary/aromatic N) is 4. The third-order valence-corrected chi connectivity index (χ3v) is 6.94. The first-order chi connectivity index (χ1) is 19.7. The highest BCUT2D eigenvalue weighted by Gasteiger charge is 2.26. The number of aromatic nitrogens is 2. The zero-order chi connectivity index (χ0) is 29.1. The van der Waals surface area contributed by atoms with Crippen molar-refractivity contribution in [2.75, 3.05) is 19.6 Å². The molecule has 0 atom stereocenters. The second kappa shape index (κ2) is 12.2. The van der Waals surface area contributed by atoms with Crippen molar-refractivity contribution in [1.29, 1.82) is 0 Å². The Morgan fingerprint density at radius 3 is 2.49 bits per heavy atom. The van der Waals surface area contributed by atoms with Gasteiger partial charge in [-0.3, -0.25) is 9.79 Å². The van der Waals surface area contributed by atoms with Gasteiger partial charge in [0.1, 0.15) is 17.3 Å².